The van der Waals surface area contributed by atoms with Crippen LogP contribution in [0.15, 0.2) is 23.8 Å². The summed E-state index contributed by atoms with van der Waals surface area (Å²) >= 11 is 0. The fourth-order valence-corrected chi connectivity index (χ4v) is 2.98. The van der Waals surface area contributed by atoms with E-state index in [1.54, 1.807) is 0 Å². The van der Waals surface area contributed by atoms with Crippen molar-refractivity contribution in [1.29, 1.82) is 0 Å². The zero-order chi connectivity index (χ0) is 17.6. The van der Waals surface area contributed by atoms with E-state index in [-0.39, 0.29) is 29.7 Å². The molecule has 1 aliphatic heterocycles. The van der Waals surface area contributed by atoms with Gasteiger partial charge in [-0.15, -0.1) is 6.58 Å². The summed E-state index contributed by atoms with van der Waals surface area (Å²) in [5, 5.41) is 6.05. The lowest BCUT2D eigenvalue weighted by atomic mass is 9.84. The molecule has 0 unspecified atom stereocenters. The van der Waals surface area contributed by atoms with Crippen LogP contribution in [0.5, 0.6) is 0 Å². The van der Waals surface area contributed by atoms with Crippen LogP contribution in [0.4, 0.5) is 0 Å². The number of carbonyl (C=O) groups excluding carboxylic acids is 2. The third kappa shape index (κ3) is 5.85. The van der Waals surface area contributed by atoms with Crippen molar-refractivity contribution in [3.05, 3.63) is 23.8 Å². The Morgan fingerprint density at radius 3 is 2.48 bits per heavy atom. The highest BCUT2D eigenvalue weighted by molar-refractivity contribution is 5.93. The van der Waals surface area contributed by atoms with Crippen molar-refractivity contribution in [2.75, 3.05) is 6.54 Å². The van der Waals surface area contributed by atoms with E-state index < -0.39 is 0 Å². The predicted octanol–water partition coefficient (Wildman–Crippen LogP) is 3.20. The Morgan fingerprint density at radius 2 is 2.04 bits per heavy atom. The normalized spacial score (nSPS) is 19.9. The lowest BCUT2D eigenvalue weighted by molar-refractivity contribution is -0.122. The van der Waals surface area contributed by atoms with Gasteiger partial charge in [0.05, 0.1) is 0 Å². The maximum atomic E-state index is 12.4. The molecule has 0 aliphatic carbocycles. The minimum Gasteiger partial charge on any atom is -0.356 e. The largest absolute Gasteiger partial charge is 0.356 e. The van der Waals surface area contributed by atoms with Gasteiger partial charge in [0.15, 0.2) is 0 Å². The first-order valence-electron chi connectivity index (χ1n) is 8.61. The first-order valence-corrected chi connectivity index (χ1v) is 8.61. The second-order valence-electron chi connectivity index (χ2n) is 7.25. The molecular formula is C19H32N2O2. The molecule has 0 saturated carbocycles. The van der Waals surface area contributed by atoms with Gasteiger partial charge in [0.2, 0.25) is 11.8 Å². The van der Waals surface area contributed by atoms with Crippen molar-refractivity contribution in [3.8, 4) is 0 Å². The fourth-order valence-electron chi connectivity index (χ4n) is 2.98. The van der Waals surface area contributed by atoms with E-state index in [9.17, 15) is 9.59 Å². The van der Waals surface area contributed by atoms with Crippen LogP contribution in [0.1, 0.15) is 53.9 Å². The molecule has 4 nitrogen and oxygen atoms in total. The van der Waals surface area contributed by atoms with Gasteiger partial charge in [-0.1, -0.05) is 25.5 Å². The molecule has 0 aromatic rings. The van der Waals surface area contributed by atoms with Crippen molar-refractivity contribution in [2.45, 2.75) is 59.9 Å². The smallest absolute Gasteiger partial charge is 0.247 e. The van der Waals surface area contributed by atoms with Crippen molar-refractivity contribution in [3.63, 3.8) is 0 Å². The van der Waals surface area contributed by atoms with E-state index in [0.717, 1.165) is 37.0 Å². The number of hydrogen-bond acceptors (Lipinski definition) is 2. The standard InChI is InChI=1S/C19H32N2O2/c1-7-15(11-16-8-9-20-19(16)23)17(10-12(2)3)21-18(22)14(6)13(4)5/h7,12,15-17H,1,8-11H2,2-6H3,(H,20,23)(H,21,22)/t15-,16+,17+/m1/s1. The molecule has 1 saturated heterocycles. The van der Waals surface area contributed by atoms with Gasteiger partial charge in [-0.2, -0.15) is 0 Å². The number of rotatable bonds is 8. The van der Waals surface area contributed by atoms with Crippen LogP contribution in [0.3, 0.4) is 0 Å². The van der Waals surface area contributed by atoms with Crippen molar-refractivity contribution in [1.82, 2.24) is 10.6 Å². The summed E-state index contributed by atoms with van der Waals surface area (Å²) in [5.41, 5.74) is 1.79. The minimum atomic E-state index is -0.0154. The second kappa shape index (κ2) is 8.90. The van der Waals surface area contributed by atoms with E-state index in [1.165, 1.54) is 0 Å². The van der Waals surface area contributed by atoms with Gasteiger partial charge in [0.25, 0.3) is 0 Å². The lowest BCUT2D eigenvalue weighted by Crippen LogP contribution is -2.42. The first-order chi connectivity index (χ1) is 10.8. The molecule has 0 aromatic heterocycles. The van der Waals surface area contributed by atoms with Gasteiger partial charge >= 0.3 is 0 Å². The van der Waals surface area contributed by atoms with Gasteiger partial charge in [0, 0.05) is 24.1 Å². The van der Waals surface area contributed by atoms with Crippen LogP contribution in [0.25, 0.3) is 0 Å². The molecule has 1 aliphatic rings. The summed E-state index contributed by atoms with van der Waals surface area (Å²) in [4.78, 5) is 24.3. The summed E-state index contributed by atoms with van der Waals surface area (Å²) in [6, 6.07) is 0.0164. The van der Waals surface area contributed by atoms with Gasteiger partial charge < -0.3 is 10.6 Å². The van der Waals surface area contributed by atoms with E-state index in [0.29, 0.717) is 5.92 Å². The van der Waals surface area contributed by atoms with E-state index in [1.807, 2.05) is 26.8 Å². The molecule has 1 fully saturated rings. The van der Waals surface area contributed by atoms with Gasteiger partial charge in [-0.25, -0.2) is 0 Å². The SMILES string of the molecule is C=C[C@H](C[C@@H]1CCNC1=O)[C@H](CC(C)C)NC(=O)C(C)=C(C)C. The van der Waals surface area contributed by atoms with E-state index in [2.05, 4.69) is 31.1 Å². The maximum Gasteiger partial charge on any atom is 0.247 e. The molecular weight excluding hydrogens is 288 g/mol. The Labute approximate surface area is 140 Å². The third-order valence-corrected chi connectivity index (χ3v) is 4.67. The quantitative estimate of drug-likeness (QED) is 0.533. The summed E-state index contributed by atoms with van der Waals surface area (Å²) in [6.45, 7) is 14.7. The number of amides is 2. The third-order valence-electron chi connectivity index (χ3n) is 4.67. The lowest BCUT2D eigenvalue weighted by Gasteiger charge is -2.29. The predicted molar refractivity (Wildman–Crippen MR) is 94.9 cm³/mol. The molecule has 2 amide bonds. The average molecular weight is 320 g/mol. The van der Waals surface area contributed by atoms with Gasteiger partial charge in [-0.05, 0) is 51.9 Å². The Hall–Kier alpha value is -1.58. The summed E-state index contributed by atoms with van der Waals surface area (Å²) in [5.74, 6) is 0.728. The van der Waals surface area contributed by atoms with E-state index in [4.69, 9.17) is 0 Å². The van der Waals surface area contributed by atoms with Crippen molar-refractivity contribution < 1.29 is 9.59 Å². The summed E-state index contributed by atoms with van der Waals surface area (Å²) in [7, 11) is 0. The van der Waals surface area contributed by atoms with Crippen molar-refractivity contribution >= 4 is 11.8 Å². The molecule has 1 heterocycles. The molecule has 0 aromatic carbocycles. The monoisotopic (exact) mass is 320 g/mol. The Morgan fingerprint density at radius 1 is 1.39 bits per heavy atom. The highest BCUT2D eigenvalue weighted by atomic mass is 16.2. The van der Waals surface area contributed by atoms with Crippen LogP contribution in [-0.4, -0.2) is 24.4 Å². The van der Waals surface area contributed by atoms with Crippen molar-refractivity contribution in [2.24, 2.45) is 17.8 Å². The minimum absolute atomic E-state index is 0.0154. The Bertz CT molecular complexity index is 476. The average Bonchev–Trinajstić information content (AvgIpc) is 2.87. The maximum absolute atomic E-state index is 12.4. The Balaban J connectivity index is 2.84. The molecule has 23 heavy (non-hydrogen) atoms. The Kier molecular flexibility index (Phi) is 7.53. The highest BCUT2D eigenvalue weighted by Crippen LogP contribution is 2.26. The van der Waals surface area contributed by atoms with Crippen LogP contribution in [0.2, 0.25) is 0 Å². The molecule has 130 valence electrons. The first kappa shape index (κ1) is 19.5. The van der Waals surface area contributed by atoms with Crippen LogP contribution >= 0.6 is 0 Å². The number of carbonyl (C=O) groups is 2. The molecule has 0 spiro atoms. The summed E-state index contributed by atoms with van der Waals surface area (Å²) < 4.78 is 0. The molecule has 2 N–H and O–H groups in total. The van der Waals surface area contributed by atoms with Gasteiger partial charge in [0.1, 0.15) is 0 Å². The molecule has 0 bridgehead atoms. The van der Waals surface area contributed by atoms with E-state index >= 15 is 0 Å². The number of nitrogens with one attached hydrogen (secondary N) is 2. The highest BCUT2D eigenvalue weighted by Gasteiger charge is 2.30. The topological polar surface area (TPSA) is 58.2 Å². The van der Waals surface area contributed by atoms with Crippen LogP contribution < -0.4 is 10.6 Å². The van der Waals surface area contributed by atoms with Gasteiger partial charge in [-0.3, -0.25) is 9.59 Å². The molecule has 3 atom stereocenters. The molecule has 0 radical (unpaired) electrons. The molecule has 1 rings (SSSR count). The zero-order valence-electron chi connectivity index (χ0n) is 15.2. The zero-order valence-corrected chi connectivity index (χ0v) is 15.2. The fraction of sp³-hybridized carbons (Fsp3) is 0.684. The van der Waals surface area contributed by atoms with Crippen LogP contribution in [0, 0.1) is 17.8 Å². The summed E-state index contributed by atoms with van der Waals surface area (Å²) in [6.07, 6.45) is 4.41. The number of hydrogen-bond donors (Lipinski definition) is 2. The molecule has 4 heteroatoms. The number of allylic oxidation sites excluding steroid dienone is 1. The van der Waals surface area contributed by atoms with Crippen LogP contribution in [-0.2, 0) is 9.59 Å². The second-order valence-corrected chi connectivity index (χ2v) is 7.25.